The van der Waals surface area contributed by atoms with Crippen molar-refractivity contribution < 1.29 is 17.9 Å². The van der Waals surface area contributed by atoms with Gasteiger partial charge in [-0.2, -0.15) is 13.4 Å². The summed E-state index contributed by atoms with van der Waals surface area (Å²) in [5, 5.41) is 4.14. The predicted molar refractivity (Wildman–Crippen MR) is 106 cm³/mol. The lowest BCUT2D eigenvalue weighted by atomic mass is 10.1. The molecule has 148 valence electrons. The SMILES string of the molecule is CCOc1nc(-c2ccc(OC)cc2)n(S(=O)(=O)c2c(C)cc(C)cc2C)n1. The van der Waals surface area contributed by atoms with Gasteiger partial charge in [-0.15, -0.1) is 4.09 Å². The van der Waals surface area contributed by atoms with Crippen molar-refractivity contribution in [3.05, 3.63) is 53.1 Å². The number of hydrogen-bond donors (Lipinski definition) is 0. The van der Waals surface area contributed by atoms with E-state index in [1.54, 1.807) is 52.1 Å². The van der Waals surface area contributed by atoms with Crippen molar-refractivity contribution in [2.75, 3.05) is 13.7 Å². The molecule has 0 saturated heterocycles. The maximum absolute atomic E-state index is 13.5. The molecule has 3 aromatic rings. The quantitative estimate of drug-likeness (QED) is 0.628. The van der Waals surface area contributed by atoms with Crippen molar-refractivity contribution in [2.45, 2.75) is 32.6 Å². The van der Waals surface area contributed by atoms with Crippen LogP contribution in [0.3, 0.4) is 0 Å². The third kappa shape index (κ3) is 3.60. The first-order valence-corrected chi connectivity index (χ1v) is 10.3. The molecule has 0 aliphatic heterocycles. The molecule has 0 saturated carbocycles. The summed E-state index contributed by atoms with van der Waals surface area (Å²) in [4.78, 5) is 4.53. The van der Waals surface area contributed by atoms with Crippen molar-refractivity contribution in [1.29, 1.82) is 0 Å². The van der Waals surface area contributed by atoms with E-state index in [9.17, 15) is 8.42 Å². The Hall–Kier alpha value is -2.87. The van der Waals surface area contributed by atoms with E-state index in [1.807, 2.05) is 19.1 Å². The Balaban J connectivity index is 2.22. The minimum absolute atomic E-state index is 0.0133. The third-order valence-corrected chi connectivity index (χ3v) is 6.14. The number of benzene rings is 2. The van der Waals surface area contributed by atoms with Gasteiger partial charge in [0, 0.05) is 5.56 Å². The fourth-order valence-electron chi connectivity index (χ4n) is 3.21. The number of methoxy groups -OCH3 is 1. The molecule has 0 aliphatic rings. The topological polar surface area (TPSA) is 83.3 Å². The highest BCUT2D eigenvalue weighted by atomic mass is 32.2. The van der Waals surface area contributed by atoms with Gasteiger partial charge < -0.3 is 9.47 Å². The van der Waals surface area contributed by atoms with Crippen molar-refractivity contribution in [2.24, 2.45) is 0 Å². The molecule has 0 amide bonds. The summed E-state index contributed by atoms with van der Waals surface area (Å²) in [6.07, 6.45) is 0. The van der Waals surface area contributed by atoms with Gasteiger partial charge in [-0.05, 0) is 63.1 Å². The number of ether oxygens (including phenoxy) is 2. The lowest BCUT2D eigenvalue weighted by Crippen LogP contribution is -2.18. The van der Waals surface area contributed by atoms with Gasteiger partial charge in [0.25, 0.3) is 10.0 Å². The van der Waals surface area contributed by atoms with Crippen LogP contribution in [0.2, 0.25) is 0 Å². The molecule has 0 fully saturated rings. The Morgan fingerprint density at radius 2 is 1.64 bits per heavy atom. The molecular formula is C20H23N3O4S. The Kier molecular flexibility index (Phi) is 5.42. The first-order chi connectivity index (χ1) is 13.3. The maximum atomic E-state index is 13.5. The summed E-state index contributed by atoms with van der Waals surface area (Å²) in [6.45, 7) is 7.60. The van der Waals surface area contributed by atoms with Crippen molar-refractivity contribution >= 4 is 10.0 Å². The molecule has 0 unspecified atom stereocenters. The molecule has 0 radical (unpaired) electrons. The van der Waals surface area contributed by atoms with Gasteiger partial charge in [0.05, 0.1) is 18.6 Å². The summed E-state index contributed by atoms with van der Waals surface area (Å²) in [5.74, 6) is 0.846. The van der Waals surface area contributed by atoms with Crippen molar-refractivity contribution in [3.63, 3.8) is 0 Å². The van der Waals surface area contributed by atoms with Gasteiger partial charge in [-0.3, -0.25) is 0 Å². The smallest absolute Gasteiger partial charge is 0.337 e. The molecule has 0 aliphatic carbocycles. The fourth-order valence-corrected chi connectivity index (χ4v) is 4.87. The van der Waals surface area contributed by atoms with Crippen LogP contribution in [0.1, 0.15) is 23.6 Å². The second-order valence-corrected chi connectivity index (χ2v) is 8.16. The zero-order valence-electron chi connectivity index (χ0n) is 16.6. The first kappa shape index (κ1) is 19.9. The van der Waals surface area contributed by atoms with Crippen LogP contribution < -0.4 is 9.47 Å². The Labute approximate surface area is 165 Å². The molecule has 0 bridgehead atoms. The first-order valence-electron chi connectivity index (χ1n) is 8.85. The van der Waals surface area contributed by atoms with Gasteiger partial charge >= 0.3 is 6.01 Å². The number of aromatic nitrogens is 3. The van der Waals surface area contributed by atoms with E-state index in [1.165, 1.54) is 0 Å². The normalized spacial score (nSPS) is 11.5. The van der Waals surface area contributed by atoms with Crippen LogP contribution in [0, 0.1) is 20.8 Å². The summed E-state index contributed by atoms with van der Waals surface area (Å²) in [5.41, 5.74) is 2.90. The van der Waals surface area contributed by atoms with Crippen LogP contribution in [0.15, 0.2) is 41.3 Å². The number of rotatable bonds is 6. The molecule has 1 aromatic heterocycles. The van der Waals surface area contributed by atoms with Crippen LogP contribution in [-0.4, -0.2) is 36.3 Å². The predicted octanol–water partition coefficient (Wildman–Crippen LogP) is 3.51. The lowest BCUT2D eigenvalue weighted by molar-refractivity contribution is 0.313. The minimum atomic E-state index is -3.98. The molecule has 0 atom stereocenters. The maximum Gasteiger partial charge on any atom is 0.337 e. The number of aryl methyl sites for hydroxylation is 3. The summed E-state index contributed by atoms with van der Waals surface area (Å²) < 4.78 is 38.5. The molecule has 28 heavy (non-hydrogen) atoms. The van der Waals surface area contributed by atoms with E-state index in [0.717, 1.165) is 9.65 Å². The molecule has 0 spiro atoms. The highest BCUT2D eigenvalue weighted by Crippen LogP contribution is 2.29. The average Bonchev–Trinajstić information content (AvgIpc) is 3.06. The number of hydrogen-bond acceptors (Lipinski definition) is 6. The van der Waals surface area contributed by atoms with E-state index in [2.05, 4.69) is 10.1 Å². The molecule has 7 nitrogen and oxygen atoms in total. The monoisotopic (exact) mass is 401 g/mol. The summed E-state index contributed by atoms with van der Waals surface area (Å²) >= 11 is 0. The number of nitrogens with zero attached hydrogens (tertiary/aromatic N) is 3. The van der Waals surface area contributed by atoms with Crippen LogP contribution in [-0.2, 0) is 10.0 Å². The van der Waals surface area contributed by atoms with Crippen molar-refractivity contribution in [1.82, 2.24) is 14.2 Å². The van der Waals surface area contributed by atoms with Crippen LogP contribution in [0.4, 0.5) is 0 Å². The van der Waals surface area contributed by atoms with E-state index < -0.39 is 10.0 Å². The highest BCUT2D eigenvalue weighted by Gasteiger charge is 2.28. The molecule has 0 N–H and O–H groups in total. The van der Waals surface area contributed by atoms with Gasteiger partial charge in [0.15, 0.2) is 5.82 Å². The lowest BCUT2D eigenvalue weighted by Gasteiger charge is -2.13. The molecular weight excluding hydrogens is 378 g/mol. The van der Waals surface area contributed by atoms with Crippen molar-refractivity contribution in [3.8, 4) is 23.1 Å². The van der Waals surface area contributed by atoms with Gasteiger partial charge in [0.1, 0.15) is 5.75 Å². The summed E-state index contributed by atoms with van der Waals surface area (Å²) in [7, 11) is -2.41. The largest absolute Gasteiger partial charge is 0.497 e. The average molecular weight is 401 g/mol. The van der Waals surface area contributed by atoms with E-state index in [0.29, 0.717) is 29.0 Å². The highest BCUT2D eigenvalue weighted by molar-refractivity contribution is 7.90. The van der Waals surface area contributed by atoms with Gasteiger partial charge in [-0.25, -0.2) is 0 Å². The Bertz CT molecular complexity index is 1080. The Morgan fingerprint density at radius 3 is 2.18 bits per heavy atom. The van der Waals surface area contributed by atoms with Crippen LogP contribution >= 0.6 is 0 Å². The second-order valence-electron chi connectivity index (χ2n) is 6.46. The molecule has 3 rings (SSSR count). The molecule has 8 heteroatoms. The zero-order valence-corrected chi connectivity index (χ0v) is 17.4. The van der Waals surface area contributed by atoms with Gasteiger partial charge in [-0.1, -0.05) is 22.8 Å². The molecule has 1 heterocycles. The van der Waals surface area contributed by atoms with E-state index >= 15 is 0 Å². The molecule has 2 aromatic carbocycles. The van der Waals surface area contributed by atoms with E-state index in [4.69, 9.17) is 9.47 Å². The van der Waals surface area contributed by atoms with Crippen LogP contribution in [0.25, 0.3) is 11.4 Å². The van der Waals surface area contributed by atoms with Gasteiger partial charge in [0.2, 0.25) is 0 Å². The Morgan fingerprint density at radius 1 is 1.04 bits per heavy atom. The minimum Gasteiger partial charge on any atom is -0.497 e. The van der Waals surface area contributed by atoms with Crippen LogP contribution in [0.5, 0.6) is 11.8 Å². The fraction of sp³-hybridized carbons (Fsp3) is 0.300. The zero-order chi connectivity index (χ0) is 20.5. The second kappa shape index (κ2) is 7.63. The standard InChI is InChI=1S/C20H23N3O4S/c1-6-27-20-21-19(16-7-9-17(26-5)10-8-16)23(22-20)28(24,25)18-14(3)11-13(2)12-15(18)4/h7-12H,6H2,1-5H3. The third-order valence-electron chi connectivity index (χ3n) is 4.27. The summed E-state index contributed by atoms with van der Waals surface area (Å²) in [6, 6.07) is 10.6. The van der Waals surface area contributed by atoms with E-state index in [-0.39, 0.29) is 16.7 Å².